The second-order valence-corrected chi connectivity index (χ2v) is 4.70. The van der Waals surface area contributed by atoms with Gasteiger partial charge in [-0.25, -0.2) is 0 Å². The Morgan fingerprint density at radius 2 is 2.24 bits per heavy atom. The number of carbonyl (C=O) groups is 2. The van der Waals surface area contributed by atoms with Crippen LogP contribution in [0.25, 0.3) is 0 Å². The Balaban J connectivity index is 2.19. The molecule has 0 fully saturated rings. The van der Waals surface area contributed by atoms with Crippen LogP contribution in [0.15, 0.2) is 16.8 Å². The summed E-state index contributed by atoms with van der Waals surface area (Å²) in [5.74, 6) is -0.928. The number of unbranched alkanes of at least 4 members (excludes halogenated alkanes) is 1. The van der Waals surface area contributed by atoms with Crippen molar-refractivity contribution in [1.82, 2.24) is 5.32 Å². The van der Waals surface area contributed by atoms with Crippen LogP contribution in [-0.2, 0) is 9.59 Å². The number of thiophene rings is 1. The molecule has 94 valence electrons. The van der Waals surface area contributed by atoms with Gasteiger partial charge in [-0.1, -0.05) is 0 Å². The van der Waals surface area contributed by atoms with Crippen molar-refractivity contribution < 1.29 is 14.7 Å². The smallest absolute Gasteiger partial charge is 0.303 e. The highest BCUT2D eigenvalue weighted by Gasteiger charge is 2.14. The van der Waals surface area contributed by atoms with Gasteiger partial charge in [-0.3, -0.25) is 9.59 Å². The van der Waals surface area contributed by atoms with E-state index in [4.69, 9.17) is 5.11 Å². The number of aliphatic carboxylic acids is 1. The fourth-order valence-corrected chi connectivity index (χ4v) is 2.19. The van der Waals surface area contributed by atoms with E-state index in [-0.39, 0.29) is 18.2 Å². The van der Waals surface area contributed by atoms with Crippen molar-refractivity contribution in [3.63, 3.8) is 0 Å². The van der Waals surface area contributed by atoms with Crippen molar-refractivity contribution in [1.29, 1.82) is 0 Å². The summed E-state index contributed by atoms with van der Waals surface area (Å²) in [5, 5.41) is 15.2. The zero-order valence-electron chi connectivity index (χ0n) is 9.81. The van der Waals surface area contributed by atoms with Crippen LogP contribution in [0.4, 0.5) is 0 Å². The van der Waals surface area contributed by atoms with E-state index < -0.39 is 5.97 Å². The molecular formula is C12H17NO3S. The lowest BCUT2D eigenvalue weighted by Gasteiger charge is -2.10. The topological polar surface area (TPSA) is 66.4 Å². The standard InChI is InChI=1S/C12H17NO3S/c1-9(10-5-7-17-8-10)12(16)13-6-3-2-4-11(14)15/h5,7-9H,2-4,6H2,1H3,(H,13,16)(H,14,15). The molecule has 1 heterocycles. The summed E-state index contributed by atoms with van der Waals surface area (Å²) in [6.45, 7) is 2.41. The number of hydrogen-bond donors (Lipinski definition) is 2. The fourth-order valence-electron chi connectivity index (χ4n) is 1.44. The van der Waals surface area contributed by atoms with Gasteiger partial charge in [0.25, 0.3) is 0 Å². The Hall–Kier alpha value is -1.36. The summed E-state index contributed by atoms with van der Waals surface area (Å²) < 4.78 is 0. The quantitative estimate of drug-likeness (QED) is 0.734. The molecule has 1 aromatic heterocycles. The molecule has 17 heavy (non-hydrogen) atoms. The highest BCUT2D eigenvalue weighted by atomic mass is 32.1. The maximum Gasteiger partial charge on any atom is 0.303 e. The number of nitrogens with one attached hydrogen (secondary N) is 1. The molecule has 0 aromatic carbocycles. The molecule has 1 amide bonds. The van der Waals surface area contributed by atoms with Crippen molar-refractivity contribution in [3.8, 4) is 0 Å². The Morgan fingerprint density at radius 3 is 2.82 bits per heavy atom. The molecule has 5 heteroatoms. The Kier molecular flexibility index (Phi) is 5.69. The molecule has 1 unspecified atom stereocenters. The first kappa shape index (κ1) is 13.7. The highest BCUT2D eigenvalue weighted by molar-refractivity contribution is 7.08. The molecule has 1 rings (SSSR count). The minimum absolute atomic E-state index is 0.00118. The lowest BCUT2D eigenvalue weighted by molar-refractivity contribution is -0.137. The minimum atomic E-state index is -0.789. The van der Waals surface area contributed by atoms with Gasteiger partial charge in [-0.05, 0) is 42.2 Å². The molecule has 0 radical (unpaired) electrons. The first-order chi connectivity index (χ1) is 8.11. The fraction of sp³-hybridized carbons (Fsp3) is 0.500. The molecule has 4 nitrogen and oxygen atoms in total. The first-order valence-corrected chi connectivity index (χ1v) is 6.57. The molecule has 2 N–H and O–H groups in total. The largest absolute Gasteiger partial charge is 0.481 e. The van der Waals surface area contributed by atoms with Crippen LogP contribution in [0.2, 0.25) is 0 Å². The van der Waals surface area contributed by atoms with E-state index in [1.807, 2.05) is 23.8 Å². The zero-order valence-corrected chi connectivity index (χ0v) is 10.6. The molecule has 1 atom stereocenters. The summed E-state index contributed by atoms with van der Waals surface area (Å²) in [7, 11) is 0. The van der Waals surface area contributed by atoms with Gasteiger partial charge in [0, 0.05) is 13.0 Å². The van der Waals surface area contributed by atoms with E-state index in [9.17, 15) is 9.59 Å². The molecule has 0 spiro atoms. The van der Waals surface area contributed by atoms with Crippen molar-refractivity contribution in [2.24, 2.45) is 0 Å². The molecule has 1 aromatic rings. The van der Waals surface area contributed by atoms with E-state index >= 15 is 0 Å². The average molecular weight is 255 g/mol. The normalized spacial score (nSPS) is 12.1. The lowest BCUT2D eigenvalue weighted by Crippen LogP contribution is -2.28. The predicted octanol–water partition coefficient (Wildman–Crippen LogP) is 2.22. The number of carboxylic acid groups (broad SMARTS) is 1. The molecule has 0 saturated carbocycles. The third kappa shape index (κ3) is 4.99. The number of amides is 1. The zero-order chi connectivity index (χ0) is 12.7. The molecular weight excluding hydrogens is 238 g/mol. The molecule has 0 aliphatic rings. The maximum atomic E-state index is 11.7. The molecule has 0 saturated heterocycles. The number of hydrogen-bond acceptors (Lipinski definition) is 3. The average Bonchev–Trinajstić information content (AvgIpc) is 2.80. The Labute approximate surface area is 105 Å². The van der Waals surface area contributed by atoms with E-state index in [0.29, 0.717) is 19.4 Å². The molecule has 0 bridgehead atoms. The van der Waals surface area contributed by atoms with Gasteiger partial charge in [0.15, 0.2) is 0 Å². The summed E-state index contributed by atoms with van der Waals surface area (Å²) in [6, 6.07) is 1.94. The van der Waals surface area contributed by atoms with Crippen LogP contribution in [0.5, 0.6) is 0 Å². The van der Waals surface area contributed by atoms with Crippen molar-refractivity contribution in [2.75, 3.05) is 6.54 Å². The summed E-state index contributed by atoms with van der Waals surface area (Å²) in [6.07, 6.45) is 1.47. The van der Waals surface area contributed by atoms with Crippen molar-refractivity contribution >= 4 is 23.2 Å². The molecule has 0 aliphatic heterocycles. The van der Waals surface area contributed by atoms with Crippen LogP contribution in [0.3, 0.4) is 0 Å². The SMILES string of the molecule is CC(C(=O)NCCCCC(=O)O)c1ccsc1. The first-order valence-electron chi connectivity index (χ1n) is 5.63. The predicted molar refractivity (Wildman–Crippen MR) is 67.2 cm³/mol. The van der Waals surface area contributed by atoms with Gasteiger partial charge >= 0.3 is 5.97 Å². The maximum absolute atomic E-state index is 11.7. The highest BCUT2D eigenvalue weighted by Crippen LogP contribution is 2.17. The summed E-state index contributed by atoms with van der Waals surface area (Å²) >= 11 is 1.58. The van der Waals surface area contributed by atoms with Crippen molar-refractivity contribution in [2.45, 2.75) is 32.1 Å². The van der Waals surface area contributed by atoms with E-state index in [1.54, 1.807) is 11.3 Å². The monoisotopic (exact) mass is 255 g/mol. The van der Waals surface area contributed by atoms with Gasteiger partial charge in [0.05, 0.1) is 5.92 Å². The van der Waals surface area contributed by atoms with Gasteiger partial charge in [0.2, 0.25) is 5.91 Å². The van der Waals surface area contributed by atoms with E-state index in [2.05, 4.69) is 5.32 Å². The lowest BCUT2D eigenvalue weighted by atomic mass is 10.0. The Morgan fingerprint density at radius 1 is 1.47 bits per heavy atom. The van der Waals surface area contributed by atoms with Gasteiger partial charge < -0.3 is 10.4 Å². The van der Waals surface area contributed by atoms with Gasteiger partial charge in [-0.2, -0.15) is 11.3 Å². The van der Waals surface area contributed by atoms with Crippen LogP contribution in [0, 0.1) is 0 Å². The van der Waals surface area contributed by atoms with E-state index in [1.165, 1.54) is 0 Å². The number of carboxylic acids is 1. The van der Waals surface area contributed by atoms with Crippen LogP contribution < -0.4 is 5.32 Å². The van der Waals surface area contributed by atoms with E-state index in [0.717, 1.165) is 5.56 Å². The van der Waals surface area contributed by atoms with Crippen molar-refractivity contribution in [3.05, 3.63) is 22.4 Å². The second kappa shape index (κ2) is 7.06. The van der Waals surface area contributed by atoms with Gasteiger partial charge in [0.1, 0.15) is 0 Å². The van der Waals surface area contributed by atoms with Crippen LogP contribution in [-0.4, -0.2) is 23.5 Å². The van der Waals surface area contributed by atoms with Crippen LogP contribution >= 0.6 is 11.3 Å². The minimum Gasteiger partial charge on any atom is -0.481 e. The number of carbonyl (C=O) groups excluding carboxylic acids is 1. The second-order valence-electron chi connectivity index (χ2n) is 3.92. The third-order valence-corrected chi connectivity index (χ3v) is 3.25. The van der Waals surface area contributed by atoms with Crippen LogP contribution in [0.1, 0.15) is 37.7 Å². The molecule has 0 aliphatic carbocycles. The van der Waals surface area contributed by atoms with Gasteiger partial charge in [-0.15, -0.1) is 0 Å². The number of rotatable bonds is 7. The third-order valence-electron chi connectivity index (χ3n) is 2.55. The Bertz CT molecular complexity index is 362. The summed E-state index contributed by atoms with van der Waals surface area (Å²) in [4.78, 5) is 22.0. The summed E-state index contributed by atoms with van der Waals surface area (Å²) in [5.41, 5.74) is 1.03.